The summed E-state index contributed by atoms with van der Waals surface area (Å²) >= 11 is 0. The smallest absolute Gasteiger partial charge is 0.0601 e. The van der Waals surface area contributed by atoms with Gasteiger partial charge in [0.2, 0.25) is 0 Å². The number of benzene rings is 1. The maximum atomic E-state index is 6.09. The van der Waals surface area contributed by atoms with E-state index in [2.05, 4.69) is 28.9 Å². The van der Waals surface area contributed by atoms with Gasteiger partial charge in [-0.1, -0.05) is 6.07 Å². The van der Waals surface area contributed by atoms with Gasteiger partial charge in [-0.05, 0) is 24.6 Å². The normalized spacial score (nSPS) is 17.1. The Balaban J connectivity index is 1.93. The van der Waals surface area contributed by atoms with Crippen molar-refractivity contribution in [3.05, 3.63) is 23.8 Å². The molecule has 0 bridgehead atoms. The standard InChI is InChI=1S/C14H23N3O/c1-12-3-4-14(13(15)11-12)17-7-5-16(6-8-17)9-10-18-2/h3-4,11H,5-10,15H2,1-2H3. The summed E-state index contributed by atoms with van der Waals surface area (Å²) in [5, 5.41) is 0. The summed E-state index contributed by atoms with van der Waals surface area (Å²) in [6, 6.07) is 6.31. The summed E-state index contributed by atoms with van der Waals surface area (Å²) in [5.74, 6) is 0. The Morgan fingerprint density at radius 3 is 2.56 bits per heavy atom. The number of methoxy groups -OCH3 is 1. The second-order valence-corrected chi connectivity index (χ2v) is 4.88. The summed E-state index contributed by atoms with van der Waals surface area (Å²) in [5.41, 5.74) is 9.37. The number of piperazine rings is 1. The van der Waals surface area contributed by atoms with E-state index < -0.39 is 0 Å². The van der Waals surface area contributed by atoms with E-state index in [1.54, 1.807) is 7.11 Å². The van der Waals surface area contributed by atoms with Crippen molar-refractivity contribution in [1.82, 2.24) is 4.90 Å². The highest BCUT2D eigenvalue weighted by Gasteiger charge is 2.18. The van der Waals surface area contributed by atoms with Gasteiger partial charge in [0.15, 0.2) is 0 Å². The van der Waals surface area contributed by atoms with Crippen LogP contribution in [0.2, 0.25) is 0 Å². The monoisotopic (exact) mass is 249 g/mol. The molecule has 1 saturated heterocycles. The maximum absolute atomic E-state index is 6.09. The molecule has 100 valence electrons. The molecule has 1 fully saturated rings. The van der Waals surface area contributed by atoms with Crippen LogP contribution in [-0.4, -0.2) is 51.3 Å². The van der Waals surface area contributed by atoms with Crippen molar-refractivity contribution in [2.75, 3.05) is 57.1 Å². The Bertz CT molecular complexity index is 387. The number of hydrogen-bond donors (Lipinski definition) is 1. The molecule has 0 aromatic heterocycles. The van der Waals surface area contributed by atoms with Gasteiger partial charge in [-0.15, -0.1) is 0 Å². The average molecular weight is 249 g/mol. The van der Waals surface area contributed by atoms with Crippen LogP contribution in [0.25, 0.3) is 0 Å². The molecule has 1 aromatic carbocycles. The van der Waals surface area contributed by atoms with E-state index in [0.717, 1.165) is 45.0 Å². The number of anilines is 2. The van der Waals surface area contributed by atoms with Crippen molar-refractivity contribution in [3.8, 4) is 0 Å². The van der Waals surface area contributed by atoms with Crippen LogP contribution in [-0.2, 0) is 4.74 Å². The second-order valence-electron chi connectivity index (χ2n) is 4.88. The van der Waals surface area contributed by atoms with E-state index in [0.29, 0.717) is 0 Å². The third kappa shape index (κ3) is 3.15. The molecule has 1 aliphatic heterocycles. The molecular formula is C14H23N3O. The number of nitrogen functional groups attached to an aromatic ring is 1. The summed E-state index contributed by atoms with van der Waals surface area (Å²) in [4.78, 5) is 4.81. The molecule has 0 saturated carbocycles. The fourth-order valence-electron chi connectivity index (χ4n) is 2.39. The molecule has 0 atom stereocenters. The van der Waals surface area contributed by atoms with E-state index in [1.165, 1.54) is 11.3 Å². The van der Waals surface area contributed by atoms with E-state index in [4.69, 9.17) is 10.5 Å². The summed E-state index contributed by atoms with van der Waals surface area (Å²) in [6.07, 6.45) is 0. The lowest BCUT2D eigenvalue weighted by Gasteiger charge is -2.36. The zero-order valence-electron chi connectivity index (χ0n) is 11.4. The number of nitrogens with zero attached hydrogens (tertiary/aromatic N) is 2. The van der Waals surface area contributed by atoms with Crippen LogP contribution >= 0.6 is 0 Å². The molecule has 0 aliphatic carbocycles. The van der Waals surface area contributed by atoms with Gasteiger partial charge < -0.3 is 15.4 Å². The fourth-order valence-corrected chi connectivity index (χ4v) is 2.39. The Morgan fingerprint density at radius 2 is 1.94 bits per heavy atom. The van der Waals surface area contributed by atoms with E-state index >= 15 is 0 Å². The first kappa shape index (κ1) is 13.2. The minimum absolute atomic E-state index is 0.812. The van der Waals surface area contributed by atoms with Crippen molar-refractivity contribution in [2.24, 2.45) is 0 Å². The van der Waals surface area contributed by atoms with Crippen molar-refractivity contribution in [2.45, 2.75) is 6.92 Å². The lowest BCUT2D eigenvalue weighted by molar-refractivity contribution is 0.144. The number of nitrogens with two attached hydrogens (primary N) is 1. The van der Waals surface area contributed by atoms with Gasteiger partial charge in [-0.2, -0.15) is 0 Å². The van der Waals surface area contributed by atoms with Gasteiger partial charge in [-0.25, -0.2) is 0 Å². The molecule has 1 aromatic rings. The van der Waals surface area contributed by atoms with Crippen LogP contribution in [0.4, 0.5) is 11.4 Å². The van der Waals surface area contributed by atoms with Crippen LogP contribution in [0.15, 0.2) is 18.2 Å². The quantitative estimate of drug-likeness (QED) is 0.818. The fraction of sp³-hybridized carbons (Fsp3) is 0.571. The van der Waals surface area contributed by atoms with Crippen LogP contribution < -0.4 is 10.6 Å². The highest BCUT2D eigenvalue weighted by atomic mass is 16.5. The van der Waals surface area contributed by atoms with Crippen LogP contribution in [0.1, 0.15) is 5.56 Å². The van der Waals surface area contributed by atoms with Crippen LogP contribution in [0.3, 0.4) is 0 Å². The molecule has 0 spiro atoms. The number of rotatable bonds is 4. The number of aryl methyl sites for hydroxylation is 1. The Kier molecular flexibility index (Phi) is 4.44. The average Bonchev–Trinajstić information content (AvgIpc) is 2.37. The molecule has 1 heterocycles. The van der Waals surface area contributed by atoms with E-state index in [1.807, 2.05) is 6.07 Å². The maximum Gasteiger partial charge on any atom is 0.0601 e. The van der Waals surface area contributed by atoms with Gasteiger partial charge in [0.25, 0.3) is 0 Å². The highest BCUT2D eigenvalue weighted by Crippen LogP contribution is 2.25. The number of hydrogen-bond acceptors (Lipinski definition) is 4. The molecule has 0 amide bonds. The minimum Gasteiger partial charge on any atom is -0.397 e. The molecule has 2 N–H and O–H groups in total. The molecule has 2 rings (SSSR count). The lowest BCUT2D eigenvalue weighted by Crippen LogP contribution is -2.47. The van der Waals surface area contributed by atoms with Crippen LogP contribution in [0.5, 0.6) is 0 Å². The van der Waals surface area contributed by atoms with Gasteiger partial charge in [0, 0.05) is 39.8 Å². The molecule has 0 unspecified atom stereocenters. The molecular weight excluding hydrogens is 226 g/mol. The third-order valence-electron chi connectivity index (χ3n) is 3.51. The predicted molar refractivity (Wildman–Crippen MR) is 76.1 cm³/mol. The second kappa shape index (κ2) is 6.07. The zero-order valence-corrected chi connectivity index (χ0v) is 11.4. The summed E-state index contributed by atoms with van der Waals surface area (Å²) in [6.45, 7) is 8.14. The van der Waals surface area contributed by atoms with Gasteiger partial charge in [-0.3, -0.25) is 4.90 Å². The van der Waals surface area contributed by atoms with E-state index in [9.17, 15) is 0 Å². The Morgan fingerprint density at radius 1 is 1.22 bits per heavy atom. The topological polar surface area (TPSA) is 41.7 Å². The highest BCUT2D eigenvalue weighted by molar-refractivity contribution is 5.68. The Labute approximate surface area is 109 Å². The first-order chi connectivity index (χ1) is 8.70. The molecule has 18 heavy (non-hydrogen) atoms. The largest absolute Gasteiger partial charge is 0.397 e. The summed E-state index contributed by atoms with van der Waals surface area (Å²) < 4.78 is 5.11. The van der Waals surface area contributed by atoms with Gasteiger partial charge in [0.05, 0.1) is 18.0 Å². The SMILES string of the molecule is COCCN1CCN(c2ccc(C)cc2N)CC1. The first-order valence-corrected chi connectivity index (χ1v) is 6.53. The minimum atomic E-state index is 0.812. The van der Waals surface area contributed by atoms with Crippen molar-refractivity contribution in [1.29, 1.82) is 0 Å². The Hall–Kier alpha value is -1.26. The number of ether oxygens (including phenoxy) is 1. The van der Waals surface area contributed by atoms with E-state index in [-0.39, 0.29) is 0 Å². The summed E-state index contributed by atoms with van der Waals surface area (Å²) in [7, 11) is 1.75. The van der Waals surface area contributed by atoms with Crippen molar-refractivity contribution >= 4 is 11.4 Å². The molecule has 4 heteroatoms. The molecule has 0 radical (unpaired) electrons. The molecule has 4 nitrogen and oxygen atoms in total. The van der Waals surface area contributed by atoms with Crippen LogP contribution in [0, 0.1) is 6.92 Å². The lowest BCUT2D eigenvalue weighted by atomic mass is 10.1. The third-order valence-corrected chi connectivity index (χ3v) is 3.51. The molecule has 1 aliphatic rings. The predicted octanol–water partition coefficient (Wildman–Crippen LogP) is 1.35. The van der Waals surface area contributed by atoms with Crippen molar-refractivity contribution < 1.29 is 4.74 Å². The van der Waals surface area contributed by atoms with Gasteiger partial charge in [0.1, 0.15) is 0 Å². The zero-order chi connectivity index (χ0) is 13.0. The van der Waals surface area contributed by atoms with Gasteiger partial charge >= 0.3 is 0 Å². The first-order valence-electron chi connectivity index (χ1n) is 6.53. The van der Waals surface area contributed by atoms with Crippen molar-refractivity contribution in [3.63, 3.8) is 0 Å².